The van der Waals surface area contributed by atoms with E-state index in [-0.39, 0.29) is 24.3 Å². The van der Waals surface area contributed by atoms with Gasteiger partial charge in [-0.25, -0.2) is 0 Å². The zero-order chi connectivity index (χ0) is 15.8. The van der Waals surface area contributed by atoms with Crippen molar-refractivity contribution in [1.82, 2.24) is 9.80 Å². The third-order valence-corrected chi connectivity index (χ3v) is 4.97. The summed E-state index contributed by atoms with van der Waals surface area (Å²) in [5.41, 5.74) is -1.18. The molecule has 1 heterocycles. The Labute approximate surface area is 125 Å². The number of amides is 2. The van der Waals surface area contributed by atoms with E-state index in [1.54, 1.807) is 20.9 Å². The highest BCUT2D eigenvalue weighted by molar-refractivity contribution is 6.06. The van der Waals surface area contributed by atoms with Crippen LogP contribution in [0.15, 0.2) is 0 Å². The molecule has 1 atom stereocenters. The summed E-state index contributed by atoms with van der Waals surface area (Å²) < 4.78 is 0. The maximum Gasteiger partial charge on any atom is 0.323 e. The van der Waals surface area contributed by atoms with Crippen molar-refractivity contribution in [1.29, 1.82) is 0 Å². The second-order valence-electron chi connectivity index (χ2n) is 6.59. The lowest BCUT2D eigenvalue weighted by molar-refractivity contribution is -0.151. The summed E-state index contributed by atoms with van der Waals surface area (Å²) in [6.45, 7) is 3.10. The lowest BCUT2D eigenvalue weighted by atomic mass is 9.94. The number of carboxylic acid groups (broad SMARTS) is 1. The number of carbonyl (C=O) groups is 3. The summed E-state index contributed by atoms with van der Waals surface area (Å²) in [5.74, 6) is -1.39. The molecule has 0 spiro atoms. The van der Waals surface area contributed by atoms with Gasteiger partial charge in [-0.15, -0.1) is 0 Å². The average Bonchev–Trinajstić information content (AvgIpc) is 2.73. The van der Waals surface area contributed by atoms with Gasteiger partial charge < -0.3 is 5.11 Å². The maximum atomic E-state index is 12.6. The second kappa shape index (κ2) is 5.75. The molecule has 118 valence electrons. The van der Waals surface area contributed by atoms with E-state index in [1.165, 1.54) is 9.80 Å². The molecular weight excluding hydrogens is 272 g/mol. The fraction of sp³-hybridized carbons (Fsp3) is 0.800. The highest BCUT2D eigenvalue weighted by atomic mass is 16.4. The first-order chi connectivity index (χ1) is 9.76. The van der Waals surface area contributed by atoms with E-state index in [0.717, 1.165) is 32.1 Å². The largest absolute Gasteiger partial charge is 0.480 e. The number of carboxylic acids is 1. The number of hydrogen-bond acceptors (Lipinski definition) is 4. The molecule has 2 amide bonds. The minimum Gasteiger partial charge on any atom is -0.480 e. The molecule has 1 saturated carbocycles. The molecule has 1 saturated heterocycles. The second-order valence-corrected chi connectivity index (χ2v) is 6.59. The van der Waals surface area contributed by atoms with Crippen molar-refractivity contribution in [3.05, 3.63) is 0 Å². The van der Waals surface area contributed by atoms with Crippen LogP contribution in [-0.4, -0.2) is 57.4 Å². The van der Waals surface area contributed by atoms with Crippen LogP contribution >= 0.6 is 0 Å². The Hall–Kier alpha value is -1.43. The zero-order valence-electron chi connectivity index (χ0n) is 13.0. The van der Waals surface area contributed by atoms with E-state index in [9.17, 15) is 19.5 Å². The van der Waals surface area contributed by atoms with Crippen LogP contribution in [0.25, 0.3) is 0 Å². The van der Waals surface area contributed by atoms with Gasteiger partial charge in [0.25, 0.3) is 0 Å². The Kier molecular flexibility index (Phi) is 4.37. The van der Waals surface area contributed by atoms with Crippen LogP contribution in [0.3, 0.4) is 0 Å². The summed E-state index contributed by atoms with van der Waals surface area (Å²) >= 11 is 0. The first-order valence-electron chi connectivity index (χ1n) is 7.59. The Morgan fingerprint density at radius 1 is 1.24 bits per heavy atom. The third kappa shape index (κ3) is 2.81. The minimum atomic E-state index is -1.18. The molecular formula is C15H24N2O4. The highest BCUT2D eigenvalue weighted by Crippen LogP contribution is 2.30. The third-order valence-electron chi connectivity index (χ3n) is 4.97. The van der Waals surface area contributed by atoms with E-state index in [1.807, 2.05) is 0 Å². The van der Waals surface area contributed by atoms with Crippen molar-refractivity contribution in [3.8, 4) is 0 Å². The molecule has 6 heteroatoms. The minimum absolute atomic E-state index is 0.00471. The number of nitrogens with zero attached hydrogens (tertiary/aromatic N) is 2. The Morgan fingerprint density at radius 2 is 1.81 bits per heavy atom. The van der Waals surface area contributed by atoms with E-state index in [4.69, 9.17) is 0 Å². The van der Waals surface area contributed by atoms with Gasteiger partial charge in [-0.05, 0) is 33.7 Å². The molecule has 2 aliphatic rings. The van der Waals surface area contributed by atoms with Gasteiger partial charge in [-0.2, -0.15) is 0 Å². The van der Waals surface area contributed by atoms with E-state index in [2.05, 4.69) is 0 Å². The number of hydrogen-bond donors (Lipinski definition) is 1. The average molecular weight is 296 g/mol. The van der Waals surface area contributed by atoms with Crippen molar-refractivity contribution < 1.29 is 19.5 Å². The van der Waals surface area contributed by atoms with Crippen LogP contribution in [0.1, 0.15) is 52.4 Å². The summed E-state index contributed by atoms with van der Waals surface area (Å²) in [6.07, 6.45) is 5.07. The predicted octanol–water partition coefficient (Wildman–Crippen LogP) is 1.24. The number of aliphatic carboxylic acids is 1. The lowest BCUT2D eigenvalue weighted by Gasteiger charge is -2.35. The smallest absolute Gasteiger partial charge is 0.323 e. The number of likely N-dealkylation sites (tertiary alicyclic amines) is 1. The first kappa shape index (κ1) is 15.9. The summed E-state index contributed by atoms with van der Waals surface area (Å²) in [7, 11) is 1.61. The molecule has 1 N–H and O–H groups in total. The van der Waals surface area contributed by atoms with Gasteiger partial charge in [0.2, 0.25) is 11.8 Å². The van der Waals surface area contributed by atoms with Crippen molar-refractivity contribution in [2.45, 2.75) is 70.0 Å². The van der Waals surface area contributed by atoms with Gasteiger partial charge in [-0.1, -0.05) is 19.3 Å². The van der Waals surface area contributed by atoms with Crippen LogP contribution < -0.4 is 0 Å². The molecule has 0 radical (unpaired) electrons. The molecule has 6 nitrogen and oxygen atoms in total. The van der Waals surface area contributed by atoms with Gasteiger partial charge in [0.05, 0.1) is 12.5 Å². The molecule has 1 aliphatic heterocycles. The topological polar surface area (TPSA) is 77.9 Å². The quantitative estimate of drug-likeness (QED) is 0.790. The first-order valence-corrected chi connectivity index (χ1v) is 7.59. The molecule has 0 aromatic rings. The van der Waals surface area contributed by atoms with Crippen LogP contribution in [-0.2, 0) is 14.4 Å². The van der Waals surface area contributed by atoms with Gasteiger partial charge >= 0.3 is 5.97 Å². The van der Waals surface area contributed by atoms with Crippen LogP contribution in [0.5, 0.6) is 0 Å². The molecule has 0 bridgehead atoms. The highest BCUT2D eigenvalue weighted by Gasteiger charge is 2.48. The number of likely N-dealkylation sites (N-methyl/N-ethyl adjacent to an activating group) is 1. The Balaban J connectivity index is 2.15. The summed E-state index contributed by atoms with van der Waals surface area (Å²) in [4.78, 5) is 39.1. The monoisotopic (exact) mass is 296 g/mol. The van der Waals surface area contributed by atoms with Gasteiger partial charge in [0, 0.05) is 6.04 Å². The Bertz CT molecular complexity index is 455. The van der Waals surface area contributed by atoms with Crippen LogP contribution in [0.2, 0.25) is 0 Å². The molecule has 0 aromatic carbocycles. The van der Waals surface area contributed by atoms with E-state index >= 15 is 0 Å². The van der Waals surface area contributed by atoms with Crippen molar-refractivity contribution in [2.24, 2.45) is 0 Å². The number of rotatable bonds is 4. The van der Waals surface area contributed by atoms with Gasteiger partial charge in [0.15, 0.2) is 0 Å². The SMILES string of the molecule is CN(C1CC(=O)N(C2CCCCC2)C1=O)C(C)(C)C(=O)O. The number of carbonyl (C=O) groups excluding carboxylic acids is 2. The molecule has 21 heavy (non-hydrogen) atoms. The van der Waals surface area contributed by atoms with Gasteiger partial charge in [-0.3, -0.25) is 24.2 Å². The Morgan fingerprint density at radius 3 is 2.33 bits per heavy atom. The normalized spacial score (nSPS) is 25.0. The van der Waals surface area contributed by atoms with Crippen molar-refractivity contribution in [2.75, 3.05) is 7.05 Å². The molecule has 2 fully saturated rings. The molecule has 1 unspecified atom stereocenters. The standard InChI is InChI=1S/C15H24N2O4/c1-15(2,14(20)21)16(3)11-9-12(18)17(13(11)19)10-7-5-4-6-8-10/h10-11H,4-9H2,1-3H3,(H,20,21). The lowest BCUT2D eigenvalue weighted by Crippen LogP contribution is -2.55. The predicted molar refractivity (Wildman–Crippen MR) is 76.6 cm³/mol. The van der Waals surface area contributed by atoms with Crippen molar-refractivity contribution >= 4 is 17.8 Å². The van der Waals surface area contributed by atoms with Gasteiger partial charge in [0.1, 0.15) is 5.54 Å². The zero-order valence-corrected chi connectivity index (χ0v) is 13.0. The number of imide groups is 1. The summed E-state index contributed by atoms with van der Waals surface area (Å²) in [6, 6.07) is -0.657. The van der Waals surface area contributed by atoms with Crippen LogP contribution in [0, 0.1) is 0 Å². The van der Waals surface area contributed by atoms with E-state index in [0.29, 0.717) is 0 Å². The maximum absolute atomic E-state index is 12.6. The fourth-order valence-corrected chi connectivity index (χ4v) is 3.20. The molecule has 0 aromatic heterocycles. The molecule has 1 aliphatic carbocycles. The van der Waals surface area contributed by atoms with E-state index < -0.39 is 17.6 Å². The fourth-order valence-electron chi connectivity index (χ4n) is 3.20. The van der Waals surface area contributed by atoms with Crippen molar-refractivity contribution in [3.63, 3.8) is 0 Å². The molecule has 2 rings (SSSR count). The summed E-state index contributed by atoms with van der Waals surface area (Å²) in [5, 5.41) is 9.29. The van der Waals surface area contributed by atoms with Crippen LogP contribution in [0.4, 0.5) is 0 Å².